The van der Waals surface area contributed by atoms with Crippen LogP contribution in [0.5, 0.6) is 0 Å². The standard InChI is InChI=1S/C15H10N4O3S2/c20-13(9-5-1-3-7-11(9)19(21)22)17-14(23)18-15-16-10-6-2-4-8-12(10)24-15/h1-8H,(H2,16,17,18,20,23). The van der Waals surface area contributed by atoms with Gasteiger partial charge in [0.05, 0.1) is 15.1 Å². The fourth-order valence-corrected chi connectivity index (χ4v) is 3.17. The van der Waals surface area contributed by atoms with Gasteiger partial charge in [0.1, 0.15) is 5.56 Å². The average molecular weight is 358 g/mol. The van der Waals surface area contributed by atoms with E-state index in [1.165, 1.54) is 29.5 Å². The van der Waals surface area contributed by atoms with Crippen LogP contribution in [0.1, 0.15) is 10.4 Å². The van der Waals surface area contributed by atoms with Gasteiger partial charge in [-0.05, 0) is 30.4 Å². The highest BCUT2D eigenvalue weighted by Gasteiger charge is 2.20. The van der Waals surface area contributed by atoms with E-state index in [9.17, 15) is 14.9 Å². The summed E-state index contributed by atoms with van der Waals surface area (Å²) >= 11 is 6.47. The number of nitro groups is 1. The van der Waals surface area contributed by atoms with E-state index in [2.05, 4.69) is 15.6 Å². The molecule has 3 rings (SSSR count). The number of nitrogens with one attached hydrogen (secondary N) is 2. The van der Waals surface area contributed by atoms with Crippen molar-refractivity contribution in [2.75, 3.05) is 5.32 Å². The quantitative estimate of drug-likeness (QED) is 0.423. The number of aromatic nitrogens is 1. The molecule has 0 fully saturated rings. The monoisotopic (exact) mass is 358 g/mol. The molecular formula is C15H10N4O3S2. The fraction of sp³-hybridized carbons (Fsp3) is 0. The highest BCUT2D eigenvalue weighted by molar-refractivity contribution is 7.80. The van der Waals surface area contributed by atoms with Crippen molar-refractivity contribution in [3.05, 3.63) is 64.2 Å². The van der Waals surface area contributed by atoms with E-state index < -0.39 is 10.8 Å². The van der Waals surface area contributed by atoms with Crippen molar-refractivity contribution in [1.82, 2.24) is 10.3 Å². The highest BCUT2D eigenvalue weighted by Crippen LogP contribution is 2.25. The van der Waals surface area contributed by atoms with Crippen molar-refractivity contribution in [2.45, 2.75) is 0 Å². The van der Waals surface area contributed by atoms with Crippen LogP contribution in [-0.2, 0) is 0 Å². The van der Waals surface area contributed by atoms with Gasteiger partial charge in [0, 0.05) is 6.07 Å². The van der Waals surface area contributed by atoms with Gasteiger partial charge >= 0.3 is 0 Å². The Morgan fingerprint density at radius 1 is 1.17 bits per heavy atom. The van der Waals surface area contributed by atoms with Crippen molar-refractivity contribution in [2.24, 2.45) is 0 Å². The first-order valence-corrected chi connectivity index (χ1v) is 7.98. The number of nitrogens with zero attached hydrogens (tertiary/aromatic N) is 2. The van der Waals surface area contributed by atoms with Gasteiger partial charge in [0.2, 0.25) is 0 Å². The number of amides is 1. The Balaban J connectivity index is 1.73. The number of hydrogen-bond donors (Lipinski definition) is 2. The predicted octanol–water partition coefficient (Wildman–Crippen LogP) is 3.33. The second-order valence-corrected chi connectivity index (χ2v) is 6.11. The summed E-state index contributed by atoms with van der Waals surface area (Å²) in [7, 11) is 0. The molecule has 0 atom stereocenters. The van der Waals surface area contributed by atoms with Crippen molar-refractivity contribution in [1.29, 1.82) is 0 Å². The Labute approximate surface area is 145 Å². The molecule has 24 heavy (non-hydrogen) atoms. The molecule has 0 bridgehead atoms. The van der Waals surface area contributed by atoms with Crippen LogP contribution in [0, 0.1) is 10.1 Å². The molecule has 0 spiro atoms. The van der Waals surface area contributed by atoms with Gasteiger partial charge in [-0.2, -0.15) is 0 Å². The number of carbonyl (C=O) groups is 1. The van der Waals surface area contributed by atoms with Gasteiger partial charge in [0.15, 0.2) is 10.2 Å². The van der Waals surface area contributed by atoms with Crippen LogP contribution >= 0.6 is 23.6 Å². The van der Waals surface area contributed by atoms with Crippen molar-refractivity contribution >= 4 is 55.6 Å². The van der Waals surface area contributed by atoms with Gasteiger partial charge in [-0.15, -0.1) is 0 Å². The molecule has 7 nitrogen and oxygen atoms in total. The van der Waals surface area contributed by atoms with Gasteiger partial charge in [-0.25, -0.2) is 4.98 Å². The number of anilines is 1. The number of fused-ring (bicyclic) bond motifs is 1. The lowest BCUT2D eigenvalue weighted by Gasteiger charge is -2.07. The van der Waals surface area contributed by atoms with E-state index in [-0.39, 0.29) is 16.4 Å². The normalized spacial score (nSPS) is 10.3. The number of rotatable bonds is 3. The number of thiocarbonyl (C=S) groups is 1. The Hall–Kier alpha value is -2.91. The van der Waals surface area contributed by atoms with Gasteiger partial charge in [-0.3, -0.25) is 20.2 Å². The van der Waals surface area contributed by atoms with Crippen molar-refractivity contribution in [3.63, 3.8) is 0 Å². The number of carbonyl (C=O) groups excluding carboxylic acids is 1. The molecule has 2 N–H and O–H groups in total. The second-order valence-electron chi connectivity index (χ2n) is 4.67. The molecule has 1 aromatic heterocycles. The summed E-state index contributed by atoms with van der Waals surface area (Å²) < 4.78 is 0.979. The molecule has 0 aliphatic heterocycles. The molecule has 0 saturated heterocycles. The smallest absolute Gasteiger partial charge is 0.282 e. The van der Waals surface area contributed by atoms with E-state index in [0.717, 1.165) is 10.2 Å². The molecule has 0 aliphatic carbocycles. The second kappa shape index (κ2) is 6.69. The number of para-hydroxylation sites is 2. The molecule has 2 aromatic carbocycles. The van der Waals surface area contributed by atoms with Gasteiger partial charge in [-0.1, -0.05) is 35.6 Å². The van der Waals surface area contributed by atoms with Gasteiger partial charge < -0.3 is 5.32 Å². The van der Waals surface area contributed by atoms with E-state index >= 15 is 0 Å². The number of hydrogen-bond acceptors (Lipinski definition) is 6. The molecule has 0 radical (unpaired) electrons. The van der Waals surface area contributed by atoms with Crippen molar-refractivity contribution < 1.29 is 9.72 Å². The van der Waals surface area contributed by atoms with E-state index in [1.807, 2.05) is 24.3 Å². The third kappa shape index (κ3) is 3.36. The van der Waals surface area contributed by atoms with Crippen molar-refractivity contribution in [3.8, 4) is 0 Å². The molecule has 0 unspecified atom stereocenters. The van der Waals surface area contributed by atoms with Gasteiger partial charge in [0.25, 0.3) is 11.6 Å². The maximum Gasteiger partial charge on any atom is 0.282 e. The SMILES string of the molecule is O=C(NC(=S)Nc1nc2ccccc2s1)c1ccccc1[N+](=O)[O-]. The zero-order valence-corrected chi connectivity index (χ0v) is 13.7. The summed E-state index contributed by atoms with van der Waals surface area (Å²) in [6.45, 7) is 0. The highest BCUT2D eigenvalue weighted by atomic mass is 32.1. The molecule has 0 aliphatic rings. The van der Waals surface area contributed by atoms with E-state index in [0.29, 0.717) is 5.13 Å². The van der Waals surface area contributed by atoms with Crippen LogP contribution in [0.3, 0.4) is 0 Å². The topological polar surface area (TPSA) is 97.2 Å². The summed E-state index contributed by atoms with van der Waals surface area (Å²) in [4.78, 5) is 26.9. The molecule has 120 valence electrons. The Kier molecular flexibility index (Phi) is 4.45. The van der Waals surface area contributed by atoms with Crippen LogP contribution in [0.15, 0.2) is 48.5 Å². The minimum Gasteiger partial charge on any atom is -0.308 e. The predicted molar refractivity (Wildman–Crippen MR) is 96.4 cm³/mol. The first kappa shape index (κ1) is 16.0. The molecule has 1 amide bonds. The van der Waals surface area contributed by atoms with Crippen LogP contribution in [0.2, 0.25) is 0 Å². The largest absolute Gasteiger partial charge is 0.308 e. The third-order valence-electron chi connectivity index (χ3n) is 3.09. The van der Waals surface area contributed by atoms with Crippen LogP contribution in [-0.4, -0.2) is 20.9 Å². The maximum atomic E-state index is 12.2. The molecule has 1 heterocycles. The van der Waals surface area contributed by atoms with Crippen LogP contribution in [0.4, 0.5) is 10.8 Å². The Morgan fingerprint density at radius 3 is 2.62 bits per heavy atom. The van der Waals surface area contributed by atoms with Crippen LogP contribution < -0.4 is 10.6 Å². The average Bonchev–Trinajstić information content (AvgIpc) is 2.96. The molecular weight excluding hydrogens is 348 g/mol. The summed E-state index contributed by atoms with van der Waals surface area (Å²) in [6, 6.07) is 13.2. The lowest BCUT2D eigenvalue weighted by molar-refractivity contribution is -0.385. The maximum absolute atomic E-state index is 12.2. The first-order chi connectivity index (χ1) is 11.5. The molecule has 0 saturated carbocycles. The summed E-state index contributed by atoms with van der Waals surface area (Å²) in [5, 5.41) is 16.8. The third-order valence-corrected chi connectivity index (χ3v) is 4.24. The summed E-state index contributed by atoms with van der Waals surface area (Å²) in [5.74, 6) is -0.652. The number of benzene rings is 2. The first-order valence-electron chi connectivity index (χ1n) is 6.76. The lowest BCUT2D eigenvalue weighted by Crippen LogP contribution is -2.34. The minimum atomic E-state index is -0.652. The fourth-order valence-electron chi connectivity index (χ4n) is 2.05. The number of nitro benzene ring substituents is 1. The zero-order chi connectivity index (χ0) is 17.1. The number of thiazole rings is 1. The molecule has 3 aromatic rings. The summed E-state index contributed by atoms with van der Waals surface area (Å²) in [6.07, 6.45) is 0. The lowest BCUT2D eigenvalue weighted by atomic mass is 10.1. The van der Waals surface area contributed by atoms with E-state index in [1.54, 1.807) is 6.07 Å². The summed E-state index contributed by atoms with van der Waals surface area (Å²) in [5.41, 5.74) is 0.478. The van der Waals surface area contributed by atoms with Crippen LogP contribution in [0.25, 0.3) is 10.2 Å². The zero-order valence-electron chi connectivity index (χ0n) is 12.1. The molecule has 9 heteroatoms. The Morgan fingerprint density at radius 2 is 1.88 bits per heavy atom. The Bertz CT molecular complexity index is 922. The minimum absolute atomic E-state index is 0.0252. The van der Waals surface area contributed by atoms with E-state index in [4.69, 9.17) is 12.2 Å².